The van der Waals surface area contributed by atoms with Gasteiger partial charge in [-0.15, -0.1) is 11.8 Å². The molecule has 0 atom stereocenters. The first-order valence-corrected chi connectivity index (χ1v) is 6.98. The Morgan fingerprint density at radius 2 is 2.06 bits per heavy atom. The third-order valence-corrected chi connectivity index (χ3v) is 3.96. The minimum absolute atomic E-state index is 0.660. The molecule has 0 bridgehead atoms. The van der Waals surface area contributed by atoms with Gasteiger partial charge >= 0.3 is 0 Å². The van der Waals surface area contributed by atoms with Crippen molar-refractivity contribution in [2.24, 2.45) is 0 Å². The van der Waals surface area contributed by atoms with E-state index in [1.807, 2.05) is 12.1 Å². The Bertz CT molecular complexity index is 566. The molecule has 0 N–H and O–H groups in total. The summed E-state index contributed by atoms with van der Waals surface area (Å²) in [4.78, 5) is 11.9. The lowest BCUT2D eigenvalue weighted by Crippen LogP contribution is -1.87. The van der Waals surface area contributed by atoms with Crippen molar-refractivity contribution in [3.8, 4) is 0 Å². The van der Waals surface area contributed by atoms with Crippen molar-refractivity contribution >= 4 is 29.6 Å². The van der Waals surface area contributed by atoms with Crippen molar-refractivity contribution in [1.29, 1.82) is 0 Å². The zero-order chi connectivity index (χ0) is 13.0. The predicted octanol–water partition coefficient (Wildman–Crippen LogP) is 4.75. The summed E-state index contributed by atoms with van der Waals surface area (Å²) in [5, 5.41) is 0.660. The zero-order valence-electron chi connectivity index (χ0n) is 10.0. The molecule has 2 aromatic carbocycles. The Hall–Kier alpha value is -1.25. The number of aryl methyl sites for hydroxylation is 1. The maximum absolute atomic E-state index is 10.9. The van der Waals surface area contributed by atoms with Crippen LogP contribution in [0.5, 0.6) is 0 Å². The number of hydrogen-bond donors (Lipinski definition) is 0. The van der Waals surface area contributed by atoms with Gasteiger partial charge in [-0.1, -0.05) is 41.4 Å². The highest BCUT2D eigenvalue weighted by Gasteiger charge is 2.04. The molecule has 3 heteroatoms. The summed E-state index contributed by atoms with van der Waals surface area (Å²) in [6, 6.07) is 13.7. The Labute approximate surface area is 116 Å². The van der Waals surface area contributed by atoms with E-state index >= 15 is 0 Å². The van der Waals surface area contributed by atoms with Gasteiger partial charge in [-0.2, -0.15) is 0 Å². The molecule has 0 saturated carbocycles. The highest BCUT2D eigenvalue weighted by atomic mass is 35.5. The number of halogens is 1. The number of carbonyl (C=O) groups excluding carboxylic acids is 1. The van der Waals surface area contributed by atoms with E-state index in [2.05, 4.69) is 25.1 Å². The molecule has 0 aromatic heterocycles. The summed E-state index contributed by atoms with van der Waals surface area (Å²) in [5.41, 5.74) is 3.18. The van der Waals surface area contributed by atoms with Crippen LogP contribution < -0.4 is 0 Å². The van der Waals surface area contributed by atoms with Gasteiger partial charge in [0, 0.05) is 21.2 Å². The van der Waals surface area contributed by atoms with Crippen molar-refractivity contribution in [1.82, 2.24) is 0 Å². The highest BCUT2D eigenvalue weighted by molar-refractivity contribution is 7.98. The van der Waals surface area contributed by atoms with Crippen LogP contribution in [0.4, 0.5) is 0 Å². The van der Waals surface area contributed by atoms with Crippen molar-refractivity contribution in [2.75, 3.05) is 0 Å². The molecule has 18 heavy (non-hydrogen) atoms. The van der Waals surface area contributed by atoms with E-state index in [1.54, 1.807) is 23.9 Å². The van der Waals surface area contributed by atoms with Crippen LogP contribution in [-0.4, -0.2) is 6.29 Å². The summed E-state index contributed by atoms with van der Waals surface area (Å²) in [6.45, 7) is 2.07. The van der Waals surface area contributed by atoms with Crippen molar-refractivity contribution < 1.29 is 4.79 Å². The molecular formula is C15H13ClOS. The second-order valence-electron chi connectivity index (χ2n) is 4.08. The number of benzene rings is 2. The molecule has 0 spiro atoms. The SMILES string of the molecule is Cc1cccc(CSc2cc(Cl)ccc2C=O)c1. The van der Waals surface area contributed by atoms with Gasteiger partial charge in [-0.05, 0) is 30.7 Å². The topological polar surface area (TPSA) is 17.1 Å². The van der Waals surface area contributed by atoms with Gasteiger partial charge in [0.2, 0.25) is 0 Å². The second kappa shape index (κ2) is 6.07. The smallest absolute Gasteiger partial charge is 0.151 e. The fraction of sp³-hybridized carbons (Fsp3) is 0.133. The fourth-order valence-corrected chi connectivity index (χ4v) is 2.93. The molecule has 0 radical (unpaired) electrons. The number of thioether (sulfide) groups is 1. The Morgan fingerprint density at radius 3 is 2.78 bits per heavy atom. The second-order valence-corrected chi connectivity index (χ2v) is 5.53. The Balaban J connectivity index is 2.15. The molecule has 0 amide bonds. The monoisotopic (exact) mass is 276 g/mol. The average molecular weight is 277 g/mol. The van der Waals surface area contributed by atoms with E-state index in [0.717, 1.165) is 16.9 Å². The van der Waals surface area contributed by atoms with E-state index in [1.165, 1.54) is 11.1 Å². The third kappa shape index (κ3) is 3.37. The molecule has 0 aliphatic heterocycles. The van der Waals surface area contributed by atoms with Gasteiger partial charge in [0.05, 0.1) is 0 Å². The predicted molar refractivity (Wildman–Crippen MR) is 77.6 cm³/mol. The first-order valence-electron chi connectivity index (χ1n) is 5.62. The number of aldehydes is 1. The van der Waals surface area contributed by atoms with Gasteiger partial charge in [-0.25, -0.2) is 0 Å². The quantitative estimate of drug-likeness (QED) is 0.592. The maximum atomic E-state index is 10.9. The molecular weight excluding hydrogens is 264 g/mol. The van der Waals surface area contributed by atoms with Gasteiger partial charge in [0.1, 0.15) is 0 Å². The van der Waals surface area contributed by atoms with Crippen LogP contribution in [0.3, 0.4) is 0 Å². The van der Waals surface area contributed by atoms with Gasteiger partial charge in [0.25, 0.3) is 0 Å². The molecule has 0 aliphatic carbocycles. The lowest BCUT2D eigenvalue weighted by atomic mass is 10.2. The van der Waals surface area contributed by atoms with Crippen molar-refractivity contribution in [2.45, 2.75) is 17.6 Å². The molecule has 2 aromatic rings. The molecule has 92 valence electrons. The van der Waals surface area contributed by atoms with Gasteiger partial charge in [0.15, 0.2) is 6.29 Å². The highest BCUT2D eigenvalue weighted by Crippen LogP contribution is 2.28. The minimum Gasteiger partial charge on any atom is -0.298 e. The number of carbonyl (C=O) groups is 1. The van der Waals surface area contributed by atoms with Crippen LogP contribution in [0.15, 0.2) is 47.4 Å². The van der Waals surface area contributed by atoms with Crippen LogP contribution in [0.2, 0.25) is 5.02 Å². The Kier molecular flexibility index (Phi) is 4.45. The molecule has 0 saturated heterocycles. The molecule has 0 aliphatic rings. The normalized spacial score (nSPS) is 10.3. The van der Waals surface area contributed by atoms with E-state index in [9.17, 15) is 4.79 Å². The van der Waals surface area contributed by atoms with E-state index in [0.29, 0.717) is 10.6 Å². The minimum atomic E-state index is 0.660. The largest absolute Gasteiger partial charge is 0.298 e. The van der Waals surface area contributed by atoms with Crippen LogP contribution in [0.25, 0.3) is 0 Å². The fourth-order valence-electron chi connectivity index (χ4n) is 1.69. The van der Waals surface area contributed by atoms with Crippen LogP contribution in [0, 0.1) is 6.92 Å². The Morgan fingerprint density at radius 1 is 1.22 bits per heavy atom. The first kappa shape index (κ1) is 13.2. The number of hydrogen-bond acceptors (Lipinski definition) is 2. The van der Waals surface area contributed by atoms with Crippen LogP contribution in [-0.2, 0) is 5.75 Å². The molecule has 0 unspecified atom stereocenters. The molecule has 0 heterocycles. The van der Waals surface area contributed by atoms with E-state index < -0.39 is 0 Å². The number of rotatable bonds is 4. The standard InChI is InChI=1S/C15H13ClOS/c1-11-3-2-4-12(7-11)10-18-15-8-14(16)6-5-13(15)9-17/h2-9H,10H2,1H3. The maximum Gasteiger partial charge on any atom is 0.151 e. The lowest BCUT2D eigenvalue weighted by Gasteiger charge is -2.06. The van der Waals surface area contributed by atoms with Gasteiger partial charge in [-0.3, -0.25) is 4.79 Å². The van der Waals surface area contributed by atoms with Crippen molar-refractivity contribution in [3.63, 3.8) is 0 Å². The average Bonchev–Trinajstić information content (AvgIpc) is 2.37. The van der Waals surface area contributed by atoms with Crippen LogP contribution in [0.1, 0.15) is 21.5 Å². The summed E-state index contributed by atoms with van der Waals surface area (Å²) in [7, 11) is 0. The zero-order valence-corrected chi connectivity index (χ0v) is 11.6. The molecule has 0 fully saturated rings. The first-order chi connectivity index (χ1) is 8.69. The van der Waals surface area contributed by atoms with E-state index in [4.69, 9.17) is 11.6 Å². The lowest BCUT2D eigenvalue weighted by molar-refractivity contribution is 0.112. The molecule has 2 rings (SSSR count). The summed E-state index contributed by atoms with van der Waals surface area (Å²) in [6.07, 6.45) is 0.870. The molecule has 1 nitrogen and oxygen atoms in total. The summed E-state index contributed by atoms with van der Waals surface area (Å²) >= 11 is 7.58. The van der Waals surface area contributed by atoms with E-state index in [-0.39, 0.29) is 0 Å². The third-order valence-electron chi connectivity index (χ3n) is 2.58. The van der Waals surface area contributed by atoms with Crippen molar-refractivity contribution in [3.05, 3.63) is 64.2 Å². The van der Waals surface area contributed by atoms with Crippen LogP contribution >= 0.6 is 23.4 Å². The van der Waals surface area contributed by atoms with Gasteiger partial charge < -0.3 is 0 Å². The summed E-state index contributed by atoms with van der Waals surface area (Å²) in [5.74, 6) is 0.836. The summed E-state index contributed by atoms with van der Waals surface area (Å²) < 4.78 is 0.